The molecule has 0 spiro atoms. The van der Waals surface area contributed by atoms with Crippen molar-refractivity contribution in [3.63, 3.8) is 0 Å². The number of hydrogen-bond donors (Lipinski definition) is 2. The van der Waals surface area contributed by atoms with Gasteiger partial charge in [0.05, 0.1) is 13.6 Å². The number of carbonyl (C=O) groups is 1. The number of amides is 1. The van der Waals surface area contributed by atoms with Gasteiger partial charge in [-0.1, -0.05) is 17.7 Å². The van der Waals surface area contributed by atoms with Crippen LogP contribution in [0.5, 0.6) is 0 Å². The maximum absolute atomic E-state index is 12.4. The van der Waals surface area contributed by atoms with Crippen molar-refractivity contribution in [1.82, 2.24) is 0 Å². The molecule has 1 saturated heterocycles. The summed E-state index contributed by atoms with van der Waals surface area (Å²) in [4.78, 5) is 13.8. The summed E-state index contributed by atoms with van der Waals surface area (Å²) in [6.45, 7) is 7.31. The molecule has 1 unspecified atom stereocenters. The molecule has 0 aliphatic carbocycles. The highest BCUT2D eigenvalue weighted by molar-refractivity contribution is 5.95. The number of quaternary nitrogens is 1. The molecule has 19 heavy (non-hydrogen) atoms. The molecule has 3 heteroatoms. The first-order chi connectivity index (χ1) is 8.99. The van der Waals surface area contributed by atoms with Crippen LogP contribution in [0.15, 0.2) is 12.1 Å². The van der Waals surface area contributed by atoms with Gasteiger partial charge in [-0.05, 0) is 44.7 Å². The van der Waals surface area contributed by atoms with Crippen molar-refractivity contribution < 1.29 is 9.69 Å². The highest BCUT2D eigenvalue weighted by atomic mass is 16.2. The van der Waals surface area contributed by atoms with Gasteiger partial charge in [-0.25, -0.2) is 0 Å². The summed E-state index contributed by atoms with van der Waals surface area (Å²) in [6, 6.07) is 4.36. The lowest BCUT2D eigenvalue weighted by atomic mass is 10.0. The Bertz CT molecular complexity index is 459. The van der Waals surface area contributed by atoms with E-state index in [0.717, 1.165) is 29.8 Å². The van der Waals surface area contributed by atoms with Crippen LogP contribution in [0, 0.1) is 20.8 Å². The Balaban J connectivity index is 2.14. The molecule has 1 fully saturated rings. The Morgan fingerprint density at radius 2 is 1.84 bits per heavy atom. The summed E-state index contributed by atoms with van der Waals surface area (Å²) >= 11 is 0. The molecule has 0 bridgehead atoms. The summed E-state index contributed by atoms with van der Waals surface area (Å²) in [7, 11) is 2.12. The molecule has 0 aromatic heterocycles. The van der Waals surface area contributed by atoms with Gasteiger partial charge < -0.3 is 10.2 Å². The predicted molar refractivity (Wildman–Crippen MR) is 78.7 cm³/mol. The maximum atomic E-state index is 12.4. The van der Waals surface area contributed by atoms with E-state index in [4.69, 9.17) is 0 Å². The maximum Gasteiger partial charge on any atom is 0.282 e. The zero-order valence-electron chi connectivity index (χ0n) is 12.5. The van der Waals surface area contributed by atoms with Crippen LogP contribution in [0.4, 0.5) is 5.69 Å². The molecule has 1 heterocycles. The number of likely N-dealkylation sites (N-methyl/N-ethyl adjacent to an activating group) is 1. The van der Waals surface area contributed by atoms with Crippen LogP contribution in [0.1, 0.15) is 36.0 Å². The summed E-state index contributed by atoms with van der Waals surface area (Å²) in [5, 5.41) is 3.15. The van der Waals surface area contributed by atoms with Crippen molar-refractivity contribution in [2.75, 3.05) is 18.9 Å². The molecular weight excluding hydrogens is 236 g/mol. The fourth-order valence-electron chi connectivity index (χ4n) is 3.12. The van der Waals surface area contributed by atoms with Crippen molar-refractivity contribution in [2.24, 2.45) is 0 Å². The third kappa shape index (κ3) is 3.16. The highest BCUT2D eigenvalue weighted by Crippen LogP contribution is 2.22. The topological polar surface area (TPSA) is 33.5 Å². The number of carbonyl (C=O) groups excluding carboxylic acids is 1. The van der Waals surface area contributed by atoms with Gasteiger partial charge in [0.2, 0.25) is 0 Å². The van der Waals surface area contributed by atoms with Crippen LogP contribution < -0.4 is 10.2 Å². The van der Waals surface area contributed by atoms with Crippen molar-refractivity contribution >= 4 is 11.6 Å². The first-order valence-corrected chi connectivity index (χ1v) is 7.20. The second-order valence-corrected chi connectivity index (χ2v) is 5.91. The molecule has 1 amide bonds. The first kappa shape index (κ1) is 14.1. The van der Waals surface area contributed by atoms with Gasteiger partial charge in [-0.15, -0.1) is 0 Å². The molecule has 2 atom stereocenters. The Hall–Kier alpha value is -1.35. The lowest BCUT2D eigenvalue weighted by Gasteiger charge is -2.28. The Labute approximate surface area is 116 Å². The minimum Gasteiger partial charge on any atom is -0.327 e. The number of anilines is 1. The molecule has 3 nitrogen and oxygen atoms in total. The fourth-order valence-corrected chi connectivity index (χ4v) is 3.12. The lowest BCUT2D eigenvalue weighted by Crippen LogP contribution is -3.15. The number of benzene rings is 1. The molecule has 104 valence electrons. The largest absolute Gasteiger partial charge is 0.327 e. The van der Waals surface area contributed by atoms with E-state index in [1.165, 1.54) is 23.3 Å². The number of aryl methyl sites for hydroxylation is 3. The standard InChI is InChI=1S/C16H24N2O/c1-11-9-12(2)15(13(3)10-11)17-16(19)14-7-5-6-8-18(14)4/h9-10,14H,5-8H2,1-4H3,(H,17,19)/p+1/t14-/m1/s1. The highest BCUT2D eigenvalue weighted by Gasteiger charge is 2.30. The van der Waals surface area contributed by atoms with Gasteiger partial charge in [0.25, 0.3) is 5.91 Å². The monoisotopic (exact) mass is 261 g/mol. The Morgan fingerprint density at radius 1 is 1.21 bits per heavy atom. The van der Waals surface area contributed by atoms with Crippen LogP contribution in [0.2, 0.25) is 0 Å². The van der Waals surface area contributed by atoms with Gasteiger partial charge in [0.15, 0.2) is 6.04 Å². The van der Waals surface area contributed by atoms with Gasteiger partial charge in [0.1, 0.15) is 0 Å². The van der Waals surface area contributed by atoms with Crippen LogP contribution in [-0.4, -0.2) is 25.5 Å². The molecule has 1 aromatic rings. The molecule has 1 aliphatic rings. The van der Waals surface area contributed by atoms with E-state index < -0.39 is 0 Å². The molecule has 0 radical (unpaired) electrons. The third-order valence-electron chi connectivity index (χ3n) is 4.15. The molecular formula is C16H25N2O+. The fraction of sp³-hybridized carbons (Fsp3) is 0.562. The third-order valence-corrected chi connectivity index (χ3v) is 4.15. The SMILES string of the molecule is Cc1cc(C)c(NC(=O)[C@H]2CCCC[NH+]2C)c(C)c1. The van der Waals surface area contributed by atoms with E-state index in [9.17, 15) is 4.79 Å². The van der Waals surface area contributed by atoms with Gasteiger partial charge in [0, 0.05) is 12.1 Å². The van der Waals surface area contributed by atoms with E-state index in [1.807, 2.05) is 0 Å². The molecule has 1 aromatic carbocycles. The Kier molecular flexibility index (Phi) is 4.25. The summed E-state index contributed by atoms with van der Waals surface area (Å²) in [5.41, 5.74) is 4.54. The summed E-state index contributed by atoms with van der Waals surface area (Å²) in [5.74, 6) is 0.173. The van der Waals surface area contributed by atoms with Crippen molar-refractivity contribution in [3.8, 4) is 0 Å². The Morgan fingerprint density at radius 3 is 2.42 bits per heavy atom. The quantitative estimate of drug-likeness (QED) is 0.833. The molecule has 0 saturated carbocycles. The minimum absolute atomic E-state index is 0.105. The second-order valence-electron chi connectivity index (χ2n) is 5.91. The summed E-state index contributed by atoms with van der Waals surface area (Å²) < 4.78 is 0. The van der Waals surface area contributed by atoms with E-state index in [1.54, 1.807) is 0 Å². The smallest absolute Gasteiger partial charge is 0.282 e. The number of likely N-dealkylation sites (tertiary alicyclic amines) is 1. The predicted octanol–water partition coefficient (Wildman–Crippen LogP) is 1.62. The van der Waals surface area contributed by atoms with Gasteiger partial charge in [-0.2, -0.15) is 0 Å². The van der Waals surface area contributed by atoms with Crippen LogP contribution in [-0.2, 0) is 4.79 Å². The number of nitrogens with one attached hydrogen (secondary N) is 2. The van der Waals surface area contributed by atoms with E-state index in [0.29, 0.717) is 0 Å². The van der Waals surface area contributed by atoms with E-state index in [-0.39, 0.29) is 11.9 Å². The van der Waals surface area contributed by atoms with Crippen molar-refractivity contribution in [3.05, 3.63) is 28.8 Å². The molecule has 1 aliphatic heterocycles. The van der Waals surface area contributed by atoms with Crippen molar-refractivity contribution in [1.29, 1.82) is 0 Å². The summed E-state index contributed by atoms with van der Waals surface area (Å²) in [6.07, 6.45) is 3.40. The number of piperidine rings is 1. The number of rotatable bonds is 2. The van der Waals surface area contributed by atoms with Crippen molar-refractivity contribution in [2.45, 2.75) is 46.1 Å². The van der Waals surface area contributed by atoms with Gasteiger partial charge >= 0.3 is 0 Å². The zero-order valence-corrected chi connectivity index (χ0v) is 12.5. The first-order valence-electron chi connectivity index (χ1n) is 7.20. The second kappa shape index (κ2) is 5.74. The van der Waals surface area contributed by atoms with E-state index in [2.05, 4.69) is 45.3 Å². The van der Waals surface area contributed by atoms with Gasteiger partial charge in [-0.3, -0.25) is 4.79 Å². The normalized spacial score (nSPS) is 23.2. The van der Waals surface area contributed by atoms with Crippen LogP contribution in [0.3, 0.4) is 0 Å². The number of hydrogen-bond acceptors (Lipinski definition) is 1. The van der Waals surface area contributed by atoms with E-state index >= 15 is 0 Å². The molecule has 2 N–H and O–H groups in total. The zero-order chi connectivity index (χ0) is 14.0. The lowest BCUT2D eigenvalue weighted by molar-refractivity contribution is -0.901. The minimum atomic E-state index is 0.105. The average Bonchev–Trinajstić information content (AvgIpc) is 2.34. The van der Waals surface area contributed by atoms with Crippen LogP contribution >= 0.6 is 0 Å². The average molecular weight is 261 g/mol. The molecule has 2 rings (SSSR count). The van der Waals surface area contributed by atoms with Crippen LogP contribution in [0.25, 0.3) is 0 Å².